The fourth-order valence-electron chi connectivity index (χ4n) is 1.43. The molecule has 1 N–H and O–H groups in total. The summed E-state index contributed by atoms with van der Waals surface area (Å²) in [5.74, 6) is 1.59. The summed E-state index contributed by atoms with van der Waals surface area (Å²) in [5.41, 5.74) is 0. The predicted molar refractivity (Wildman–Crippen MR) is 70.5 cm³/mol. The molecule has 1 heterocycles. The van der Waals surface area contributed by atoms with E-state index in [0.717, 1.165) is 0 Å². The molecule has 2 rings (SSSR count). The van der Waals surface area contributed by atoms with E-state index in [1.165, 1.54) is 12.1 Å². The molecule has 0 spiro atoms. The summed E-state index contributed by atoms with van der Waals surface area (Å²) in [6, 6.07) is 5.96. The van der Waals surface area contributed by atoms with E-state index in [4.69, 9.17) is 4.74 Å². The van der Waals surface area contributed by atoms with Gasteiger partial charge >= 0.3 is 0 Å². The summed E-state index contributed by atoms with van der Waals surface area (Å²) in [7, 11) is 1.75. The van der Waals surface area contributed by atoms with Crippen LogP contribution in [0.5, 0.6) is 11.6 Å². The molecular formula is C12H11BrFN3O. The van der Waals surface area contributed by atoms with Crippen LogP contribution in [-0.4, -0.2) is 17.0 Å². The molecule has 2 aromatic rings. The van der Waals surface area contributed by atoms with Crippen molar-refractivity contribution in [3.63, 3.8) is 0 Å². The number of nitrogens with one attached hydrogen (secondary N) is 1. The van der Waals surface area contributed by atoms with Crippen molar-refractivity contribution in [2.24, 2.45) is 0 Å². The second-order valence-electron chi connectivity index (χ2n) is 3.60. The first-order valence-corrected chi connectivity index (χ1v) is 6.03. The normalized spacial score (nSPS) is 10.2. The first kappa shape index (κ1) is 12.8. The lowest BCUT2D eigenvalue weighted by Crippen LogP contribution is -1.98. The van der Waals surface area contributed by atoms with Gasteiger partial charge in [0.2, 0.25) is 5.88 Å². The number of benzene rings is 1. The number of halogens is 2. The van der Waals surface area contributed by atoms with Gasteiger partial charge < -0.3 is 10.1 Å². The molecule has 0 radical (unpaired) electrons. The summed E-state index contributed by atoms with van der Waals surface area (Å²) in [6.45, 7) is 1.76. The van der Waals surface area contributed by atoms with Gasteiger partial charge in [0.25, 0.3) is 0 Å². The Morgan fingerprint density at radius 1 is 1.22 bits per heavy atom. The molecule has 94 valence electrons. The van der Waals surface area contributed by atoms with E-state index < -0.39 is 0 Å². The first-order valence-electron chi connectivity index (χ1n) is 5.24. The summed E-state index contributed by atoms with van der Waals surface area (Å²) >= 11 is 3.20. The molecule has 0 saturated carbocycles. The number of nitrogens with zero attached hydrogens (tertiary/aromatic N) is 2. The number of hydrogen-bond acceptors (Lipinski definition) is 4. The van der Waals surface area contributed by atoms with E-state index in [2.05, 4.69) is 31.2 Å². The van der Waals surface area contributed by atoms with Crippen LogP contribution in [0.3, 0.4) is 0 Å². The van der Waals surface area contributed by atoms with Crippen LogP contribution in [0, 0.1) is 12.7 Å². The zero-order valence-corrected chi connectivity index (χ0v) is 11.5. The van der Waals surface area contributed by atoms with Crippen molar-refractivity contribution in [1.82, 2.24) is 9.97 Å². The highest BCUT2D eigenvalue weighted by molar-refractivity contribution is 9.10. The zero-order chi connectivity index (χ0) is 13.1. The largest absolute Gasteiger partial charge is 0.439 e. The number of hydrogen-bond donors (Lipinski definition) is 1. The number of aryl methyl sites for hydroxylation is 1. The van der Waals surface area contributed by atoms with E-state index in [1.807, 2.05) is 0 Å². The third kappa shape index (κ3) is 3.16. The van der Waals surface area contributed by atoms with Crippen LogP contribution in [0.2, 0.25) is 0 Å². The van der Waals surface area contributed by atoms with Crippen molar-refractivity contribution in [1.29, 1.82) is 0 Å². The third-order valence-electron chi connectivity index (χ3n) is 2.13. The monoisotopic (exact) mass is 311 g/mol. The van der Waals surface area contributed by atoms with Crippen molar-refractivity contribution in [3.05, 3.63) is 40.4 Å². The maximum Gasteiger partial charge on any atom is 0.224 e. The maximum atomic E-state index is 13.2. The molecule has 0 aliphatic rings. The SMILES string of the molecule is CNc1cc(Oc2cc(F)cc(Br)c2)nc(C)n1. The van der Waals surface area contributed by atoms with E-state index in [9.17, 15) is 4.39 Å². The Balaban J connectivity index is 2.30. The average Bonchev–Trinajstić information content (AvgIpc) is 2.26. The molecule has 1 aromatic heterocycles. The number of anilines is 1. The molecule has 0 aliphatic heterocycles. The first-order chi connectivity index (χ1) is 8.56. The lowest BCUT2D eigenvalue weighted by molar-refractivity contribution is 0.455. The Kier molecular flexibility index (Phi) is 3.76. The number of ether oxygens (including phenoxy) is 1. The van der Waals surface area contributed by atoms with Crippen LogP contribution >= 0.6 is 15.9 Å². The van der Waals surface area contributed by atoms with E-state index in [1.54, 1.807) is 26.1 Å². The standard InChI is InChI=1S/C12H11BrFN3O/c1-7-16-11(15-2)6-12(17-7)18-10-4-8(13)3-9(14)5-10/h3-6H,1-2H3,(H,15,16,17). The fourth-order valence-corrected chi connectivity index (χ4v) is 1.87. The second kappa shape index (κ2) is 5.30. The van der Waals surface area contributed by atoms with Crippen molar-refractivity contribution < 1.29 is 9.13 Å². The summed E-state index contributed by atoms with van der Waals surface area (Å²) in [4.78, 5) is 8.27. The van der Waals surface area contributed by atoms with Gasteiger partial charge in [0.1, 0.15) is 23.2 Å². The molecule has 0 saturated heterocycles. The topological polar surface area (TPSA) is 47.0 Å². The summed E-state index contributed by atoms with van der Waals surface area (Å²) in [5, 5.41) is 2.90. The van der Waals surface area contributed by atoms with E-state index in [0.29, 0.717) is 27.7 Å². The molecule has 6 heteroatoms. The Labute approximate surface area is 112 Å². The number of rotatable bonds is 3. The van der Waals surface area contributed by atoms with Crippen LogP contribution in [0.15, 0.2) is 28.7 Å². The van der Waals surface area contributed by atoms with Crippen LogP contribution in [0.4, 0.5) is 10.2 Å². The molecule has 18 heavy (non-hydrogen) atoms. The van der Waals surface area contributed by atoms with E-state index >= 15 is 0 Å². The summed E-state index contributed by atoms with van der Waals surface area (Å²) in [6.07, 6.45) is 0. The molecule has 0 amide bonds. The molecule has 4 nitrogen and oxygen atoms in total. The number of aromatic nitrogens is 2. The van der Waals surface area contributed by atoms with Gasteiger partial charge in [-0.1, -0.05) is 15.9 Å². The van der Waals surface area contributed by atoms with Gasteiger partial charge in [-0.05, 0) is 19.1 Å². The van der Waals surface area contributed by atoms with Crippen molar-refractivity contribution >= 4 is 21.7 Å². The molecule has 0 aliphatic carbocycles. The van der Waals surface area contributed by atoms with Gasteiger partial charge in [0.15, 0.2) is 0 Å². The quantitative estimate of drug-likeness (QED) is 0.942. The smallest absolute Gasteiger partial charge is 0.224 e. The van der Waals surface area contributed by atoms with Gasteiger partial charge in [0.05, 0.1) is 0 Å². The molecule has 0 bridgehead atoms. The van der Waals surface area contributed by atoms with Crippen LogP contribution in [0.1, 0.15) is 5.82 Å². The lowest BCUT2D eigenvalue weighted by atomic mass is 10.3. The molecular weight excluding hydrogens is 301 g/mol. The molecule has 1 aromatic carbocycles. The van der Waals surface area contributed by atoms with Crippen LogP contribution in [0.25, 0.3) is 0 Å². The molecule has 0 atom stereocenters. The van der Waals surface area contributed by atoms with Crippen molar-refractivity contribution in [2.75, 3.05) is 12.4 Å². The minimum absolute atomic E-state index is 0.365. The van der Waals surface area contributed by atoms with Gasteiger partial charge in [0, 0.05) is 23.7 Å². The summed E-state index contributed by atoms with van der Waals surface area (Å²) < 4.78 is 19.3. The van der Waals surface area contributed by atoms with Crippen molar-refractivity contribution in [3.8, 4) is 11.6 Å². The van der Waals surface area contributed by atoms with E-state index in [-0.39, 0.29) is 5.82 Å². The average molecular weight is 312 g/mol. The fraction of sp³-hybridized carbons (Fsp3) is 0.167. The predicted octanol–water partition coefficient (Wildman–Crippen LogP) is 3.52. The van der Waals surface area contributed by atoms with Gasteiger partial charge in [-0.15, -0.1) is 0 Å². The molecule has 0 fully saturated rings. The lowest BCUT2D eigenvalue weighted by Gasteiger charge is -2.08. The van der Waals surface area contributed by atoms with Gasteiger partial charge in [-0.3, -0.25) is 0 Å². The Morgan fingerprint density at radius 3 is 2.67 bits per heavy atom. The highest BCUT2D eigenvalue weighted by atomic mass is 79.9. The van der Waals surface area contributed by atoms with Crippen LogP contribution < -0.4 is 10.1 Å². The highest BCUT2D eigenvalue weighted by Gasteiger charge is 2.05. The minimum Gasteiger partial charge on any atom is -0.439 e. The Hall–Kier alpha value is -1.69. The maximum absolute atomic E-state index is 13.2. The van der Waals surface area contributed by atoms with Crippen molar-refractivity contribution in [2.45, 2.75) is 6.92 Å². The third-order valence-corrected chi connectivity index (χ3v) is 2.59. The van der Waals surface area contributed by atoms with Gasteiger partial charge in [-0.2, -0.15) is 4.98 Å². The highest BCUT2D eigenvalue weighted by Crippen LogP contribution is 2.25. The molecule has 0 unspecified atom stereocenters. The zero-order valence-electron chi connectivity index (χ0n) is 9.87. The Morgan fingerprint density at radius 2 is 2.00 bits per heavy atom. The Bertz CT molecular complexity index is 557. The second-order valence-corrected chi connectivity index (χ2v) is 4.51. The van der Waals surface area contributed by atoms with Gasteiger partial charge in [-0.25, -0.2) is 9.37 Å². The minimum atomic E-state index is -0.376. The van der Waals surface area contributed by atoms with Crippen LogP contribution in [-0.2, 0) is 0 Å².